The summed E-state index contributed by atoms with van der Waals surface area (Å²) in [5.41, 5.74) is 0.226. The smallest absolute Gasteiger partial charge is 0.233 e. The van der Waals surface area contributed by atoms with Crippen LogP contribution in [-0.4, -0.2) is 13.4 Å². The topological polar surface area (TPSA) is 47.0 Å². The lowest BCUT2D eigenvalue weighted by atomic mass is 10.6. The van der Waals surface area contributed by atoms with Crippen LogP contribution in [0.5, 0.6) is 0 Å². The third-order valence-electron chi connectivity index (χ3n) is 0.844. The van der Waals surface area contributed by atoms with Crippen LogP contribution in [0.25, 0.3) is 0 Å². The molecule has 11 heavy (non-hydrogen) atoms. The third-order valence-corrected chi connectivity index (χ3v) is 2.90. The molecule has 0 atom stereocenters. The van der Waals surface area contributed by atoms with E-state index in [1.807, 2.05) is 0 Å². The first kappa shape index (κ1) is 9.08. The van der Waals surface area contributed by atoms with Gasteiger partial charge < -0.3 is 0 Å². The molecule has 0 N–H and O–H groups in total. The standard InChI is InChI=1S/C4H3BrFNO2S2/c5-4-7-3(1-10-4)2-11(6,8)9/h1H,2H2. The van der Waals surface area contributed by atoms with Crippen molar-refractivity contribution >= 4 is 37.5 Å². The van der Waals surface area contributed by atoms with E-state index >= 15 is 0 Å². The molecule has 1 rings (SSSR count). The van der Waals surface area contributed by atoms with Crippen LogP contribution in [-0.2, 0) is 16.0 Å². The van der Waals surface area contributed by atoms with Gasteiger partial charge in [0, 0.05) is 5.38 Å². The Morgan fingerprint density at radius 3 is 2.73 bits per heavy atom. The lowest BCUT2D eigenvalue weighted by Gasteiger charge is -1.86. The molecule has 0 aliphatic heterocycles. The van der Waals surface area contributed by atoms with Gasteiger partial charge in [0.2, 0.25) is 0 Å². The molecule has 0 unspecified atom stereocenters. The molecular formula is C4H3BrFNO2S2. The summed E-state index contributed by atoms with van der Waals surface area (Å²) in [6.07, 6.45) is 0. The average molecular weight is 260 g/mol. The van der Waals surface area contributed by atoms with Gasteiger partial charge in [-0.3, -0.25) is 0 Å². The predicted molar refractivity (Wildman–Crippen MR) is 43.5 cm³/mol. The third kappa shape index (κ3) is 3.26. The summed E-state index contributed by atoms with van der Waals surface area (Å²) >= 11 is 4.25. The van der Waals surface area contributed by atoms with Crippen molar-refractivity contribution in [2.45, 2.75) is 5.75 Å². The summed E-state index contributed by atoms with van der Waals surface area (Å²) < 4.78 is 32.7. The normalized spacial score (nSPS) is 11.8. The minimum Gasteiger partial charge on any atom is -0.233 e. The van der Waals surface area contributed by atoms with Crippen LogP contribution in [0.15, 0.2) is 9.30 Å². The number of hydrogen-bond donors (Lipinski definition) is 0. The van der Waals surface area contributed by atoms with Gasteiger partial charge in [0.15, 0.2) is 3.92 Å². The van der Waals surface area contributed by atoms with Crippen molar-refractivity contribution in [1.82, 2.24) is 4.98 Å². The zero-order chi connectivity index (χ0) is 8.48. The van der Waals surface area contributed by atoms with Crippen molar-refractivity contribution in [3.05, 3.63) is 15.0 Å². The first-order valence-electron chi connectivity index (χ1n) is 2.49. The largest absolute Gasteiger partial charge is 0.308 e. The second-order valence-corrected chi connectivity index (χ2v) is 5.28. The van der Waals surface area contributed by atoms with Gasteiger partial charge in [-0.1, -0.05) is 0 Å². The van der Waals surface area contributed by atoms with Gasteiger partial charge in [-0.2, -0.15) is 8.42 Å². The Hall–Kier alpha value is -0.0100. The fourth-order valence-electron chi connectivity index (χ4n) is 0.525. The zero-order valence-corrected chi connectivity index (χ0v) is 8.34. The monoisotopic (exact) mass is 259 g/mol. The Bertz CT molecular complexity index is 347. The average Bonchev–Trinajstić information content (AvgIpc) is 2.10. The summed E-state index contributed by atoms with van der Waals surface area (Å²) in [4.78, 5) is 3.71. The number of thiazole rings is 1. The fraction of sp³-hybridized carbons (Fsp3) is 0.250. The van der Waals surface area contributed by atoms with Crippen LogP contribution in [0.1, 0.15) is 5.69 Å². The van der Waals surface area contributed by atoms with Gasteiger partial charge in [-0.25, -0.2) is 4.98 Å². The second-order valence-electron chi connectivity index (χ2n) is 1.77. The molecule has 0 aliphatic carbocycles. The Morgan fingerprint density at radius 2 is 2.36 bits per heavy atom. The molecule has 0 fully saturated rings. The van der Waals surface area contributed by atoms with Crippen molar-refractivity contribution in [3.8, 4) is 0 Å². The van der Waals surface area contributed by atoms with E-state index in [2.05, 4.69) is 20.9 Å². The Labute approximate surface area is 75.6 Å². The predicted octanol–water partition coefficient (Wildman–Crippen LogP) is 1.70. The maximum absolute atomic E-state index is 12.0. The number of rotatable bonds is 2. The molecule has 0 bridgehead atoms. The maximum atomic E-state index is 12.0. The maximum Gasteiger partial charge on any atom is 0.308 e. The summed E-state index contributed by atoms with van der Waals surface area (Å²) in [7, 11) is -4.44. The van der Waals surface area contributed by atoms with Crippen molar-refractivity contribution in [1.29, 1.82) is 0 Å². The minimum atomic E-state index is -4.44. The molecule has 0 aliphatic rings. The molecule has 7 heteroatoms. The van der Waals surface area contributed by atoms with Gasteiger partial charge in [-0.05, 0) is 15.9 Å². The van der Waals surface area contributed by atoms with Crippen molar-refractivity contribution in [3.63, 3.8) is 0 Å². The highest BCUT2D eigenvalue weighted by molar-refractivity contribution is 9.11. The fourth-order valence-corrected chi connectivity index (χ4v) is 2.18. The van der Waals surface area contributed by atoms with Crippen LogP contribution in [0.4, 0.5) is 3.89 Å². The quantitative estimate of drug-likeness (QED) is 0.760. The van der Waals surface area contributed by atoms with E-state index in [0.29, 0.717) is 3.92 Å². The molecule has 0 spiro atoms. The number of aromatic nitrogens is 1. The van der Waals surface area contributed by atoms with Gasteiger partial charge >= 0.3 is 10.2 Å². The Balaban J connectivity index is 2.81. The number of nitrogens with zero attached hydrogens (tertiary/aromatic N) is 1. The lowest BCUT2D eigenvalue weighted by molar-refractivity contribution is 0.550. The summed E-state index contributed by atoms with van der Waals surface area (Å²) in [5, 5.41) is 1.49. The van der Waals surface area contributed by atoms with E-state index in [1.165, 1.54) is 16.7 Å². The molecule has 0 amide bonds. The Kier molecular flexibility index (Phi) is 2.61. The molecule has 0 aromatic carbocycles. The van der Waals surface area contributed by atoms with Gasteiger partial charge in [0.05, 0.1) is 5.69 Å². The van der Waals surface area contributed by atoms with Crippen molar-refractivity contribution in [2.75, 3.05) is 0 Å². The summed E-state index contributed by atoms with van der Waals surface area (Å²) in [6, 6.07) is 0. The van der Waals surface area contributed by atoms with Crippen LogP contribution in [0.3, 0.4) is 0 Å². The van der Waals surface area contributed by atoms with E-state index in [4.69, 9.17) is 0 Å². The van der Waals surface area contributed by atoms with Crippen molar-refractivity contribution < 1.29 is 12.3 Å². The molecular weight excluding hydrogens is 257 g/mol. The first-order valence-corrected chi connectivity index (χ1v) is 5.72. The van der Waals surface area contributed by atoms with Gasteiger partial charge in [0.1, 0.15) is 5.75 Å². The van der Waals surface area contributed by atoms with Crippen molar-refractivity contribution in [2.24, 2.45) is 0 Å². The van der Waals surface area contributed by atoms with Crippen LogP contribution >= 0.6 is 27.3 Å². The second kappa shape index (κ2) is 3.16. The highest BCUT2D eigenvalue weighted by Gasteiger charge is 2.10. The molecule has 0 radical (unpaired) electrons. The number of halogens is 2. The van der Waals surface area contributed by atoms with E-state index in [0.717, 1.165) is 0 Å². The lowest BCUT2D eigenvalue weighted by Crippen LogP contribution is -1.95. The molecule has 0 saturated heterocycles. The Morgan fingerprint density at radius 1 is 1.73 bits per heavy atom. The molecule has 0 saturated carbocycles. The van der Waals surface area contributed by atoms with Crippen LogP contribution in [0.2, 0.25) is 0 Å². The van der Waals surface area contributed by atoms with E-state index in [9.17, 15) is 12.3 Å². The molecule has 62 valence electrons. The number of hydrogen-bond acceptors (Lipinski definition) is 4. The highest BCUT2D eigenvalue weighted by atomic mass is 79.9. The summed E-state index contributed by atoms with van der Waals surface area (Å²) in [5.74, 6) is -0.644. The van der Waals surface area contributed by atoms with E-state index < -0.39 is 16.0 Å². The highest BCUT2D eigenvalue weighted by Crippen LogP contribution is 2.17. The van der Waals surface area contributed by atoms with Crippen LogP contribution in [0, 0.1) is 0 Å². The summed E-state index contributed by atoms with van der Waals surface area (Å²) in [6.45, 7) is 0. The minimum absolute atomic E-state index is 0.226. The van der Waals surface area contributed by atoms with Crippen LogP contribution < -0.4 is 0 Å². The molecule has 1 heterocycles. The zero-order valence-electron chi connectivity index (χ0n) is 5.12. The van der Waals surface area contributed by atoms with E-state index in [1.54, 1.807) is 0 Å². The first-order chi connectivity index (χ1) is 4.97. The van der Waals surface area contributed by atoms with Gasteiger partial charge in [0.25, 0.3) is 0 Å². The van der Waals surface area contributed by atoms with E-state index in [-0.39, 0.29) is 5.69 Å². The molecule has 1 aromatic heterocycles. The molecule has 3 nitrogen and oxygen atoms in total. The molecule has 1 aromatic rings. The SMILES string of the molecule is O=S(=O)(F)Cc1csc(Br)n1. The van der Waals surface area contributed by atoms with Gasteiger partial charge in [-0.15, -0.1) is 15.2 Å².